The molecule has 2 aromatic rings. The molecule has 2 aromatic carbocycles. The van der Waals surface area contributed by atoms with Crippen LogP contribution < -0.4 is 10.2 Å². The maximum Gasteiger partial charge on any atom is 0.272 e. The number of thioether (sulfide) groups is 1. The van der Waals surface area contributed by atoms with E-state index in [1.54, 1.807) is 24.3 Å². The molecule has 2 N–H and O–H groups in total. The van der Waals surface area contributed by atoms with Crippen molar-refractivity contribution in [2.24, 2.45) is 0 Å². The molecule has 28 heavy (non-hydrogen) atoms. The summed E-state index contributed by atoms with van der Waals surface area (Å²) < 4.78 is 13.6. The Hall–Kier alpha value is -2.97. The van der Waals surface area contributed by atoms with Gasteiger partial charge in [0.1, 0.15) is 5.82 Å². The van der Waals surface area contributed by atoms with Gasteiger partial charge in [-0.25, -0.2) is 9.29 Å². The Labute approximate surface area is 165 Å². The van der Waals surface area contributed by atoms with Crippen molar-refractivity contribution in [1.82, 2.24) is 0 Å². The van der Waals surface area contributed by atoms with Crippen LogP contribution in [0.25, 0.3) is 5.57 Å². The summed E-state index contributed by atoms with van der Waals surface area (Å²) in [6.45, 7) is 1.22. The van der Waals surface area contributed by atoms with Crippen LogP contribution >= 0.6 is 11.8 Å². The van der Waals surface area contributed by atoms with Crippen molar-refractivity contribution >= 4 is 46.4 Å². The molecule has 3 amide bonds. The number of halogens is 1. The number of imide groups is 1. The molecular formula is C20H17FN2O4S. The number of aliphatic hydroxyl groups excluding tert-OH is 1. The van der Waals surface area contributed by atoms with Gasteiger partial charge in [0.2, 0.25) is 5.91 Å². The average molecular weight is 400 g/mol. The third kappa shape index (κ3) is 3.97. The molecule has 1 aliphatic rings. The second-order valence-electron chi connectivity index (χ2n) is 5.96. The lowest BCUT2D eigenvalue weighted by Gasteiger charge is -2.15. The summed E-state index contributed by atoms with van der Waals surface area (Å²) in [6, 6.07) is 11.8. The Morgan fingerprint density at radius 1 is 1.14 bits per heavy atom. The fraction of sp³-hybridized carbons (Fsp3) is 0.150. The number of nitrogens with zero attached hydrogens (tertiary/aromatic N) is 1. The third-order valence-electron chi connectivity index (χ3n) is 3.94. The first kappa shape index (κ1) is 19.8. The Balaban J connectivity index is 2.01. The number of amides is 3. The van der Waals surface area contributed by atoms with E-state index in [2.05, 4.69) is 5.32 Å². The monoisotopic (exact) mass is 400 g/mol. The fourth-order valence-corrected chi connectivity index (χ4v) is 3.68. The molecule has 0 fully saturated rings. The number of aliphatic hydroxyl groups is 1. The molecule has 8 heteroatoms. The van der Waals surface area contributed by atoms with Crippen molar-refractivity contribution in [2.75, 3.05) is 22.6 Å². The SMILES string of the molecule is CC(=O)Nc1ccc(C2=C(SCCO)C(=O)N(c3cccc(F)c3)C2=O)cc1. The van der Waals surface area contributed by atoms with Gasteiger partial charge in [0.05, 0.1) is 22.8 Å². The van der Waals surface area contributed by atoms with E-state index in [0.717, 1.165) is 22.7 Å². The van der Waals surface area contributed by atoms with Gasteiger partial charge in [0.15, 0.2) is 0 Å². The van der Waals surface area contributed by atoms with Crippen LogP contribution in [0.1, 0.15) is 12.5 Å². The maximum atomic E-state index is 13.6. The average Bonchev–Trinajstić information content (AvgIpc) is 2.90. The second-order valence-corrected chi connectivity index (χ2v) is 7.07. The van der Waals surface area contributed by atoms with Crippen molar-refractivity contribution in [3.8, 4) is 0 Å². The highest BCUT2D eigenvalue weighted by Crippen LogP contribution is 2.38. The van der Waals surface area contributed by atoms with Gasteiger partial charge in [-0.2, -0.15) is 0 Å². The lowest BCUT2D eigenvalue weighted by atomic mass is 10.1. The number of benzene rings is 2. The molecule has 0 saturated heterocycles. The van der Waals surface area contributed by atoms with Gasteiger partial charge in [-0.3, -0.25) is 14.4 Å². The van der Waals surface area contributed by atoms with Crippen LogP contribution in [0.5, 0.6) is 0 Å². The Bertz CT molecular complexity index is 972. The summed E-state index contributed by atoms with van der Waals surface area (Å²) in [5.74, 6) is -1.68. The van der Waals surface area contributed by atoms with Crippen molar-refractivity contribution in [3.63, 3.8) is 0 Å². The lowest BCUT2D eigenvalue weighted by Crippen LogP contribution is -2.31. The van der Waals surface area contributed by atoms with E-state index >= 15 is 0 Å². The number of anilines is 2. The van der Waals surface area contributed by atoms with Crippen molar-refractivity contribution in [1.29, 1.82) is 0 Å². The van der Waals surface area contributed by atoms with E-state index in [0.29, 0.717) is 11.3 Å². The molecular weight excluding hydrogens is 383 g/mol. The van der Waals surface area contributed by atoms with Crippen LogP contribution in [0.2, 0.25) is 0 Å². The summed E-state index contributed by atoms with van der Waals surface area (Å²) >= 11 is 1.07. The van der Waals surface area contributed by atoms with Crippen LogP contribution in [0, 0.1) is 5.82 Å². The summed E-state index contributed by atoms with van der Waals surface area (Å²) in [4.78, 5) is 38.2. The molecule has 1 heterocycles. The summed E-state index contributed by atoms with van der Waals surface area (Å²) in [6.07, 6.45) is 0. The standard InChI is InChI=1S/C20H17FN2O4S/c1-12(25)22-15-7-5-13(6-8-15)17-18(28-10-9-24)20(27)23(19(17)26)16-4-2-3-14(21)11-16/h2-8,11,24H,9-10H2,1H3,(H,22,25). The molecule has 0 aromatic heterocycles. The zero-order chi connectivity index (χ0) is 20.3. The highest BCUT2D eigenvalue weighted by Gasteiger charge is 2.40. The zero-order valence-corrected chi connectivity index (χ0v) is 15.8. The van der Waals surface area contributed by atoms with Gasteiger partial charge in [-0.15, -0.1) is 11.8 Å². The smallest absolute Gasteiger partial charge is 0.272 e. The summed E-state index contributed by atoms with van der Waals surface area (Å²) in [7, 11) is 0. The minimum atomic E-state index is -0.566. The van der Waals surface area contributed by atoms with E-state index in [1.807, 2.05) is 0 Å². The number of carbonyl (C=O) groups excluding carboxylic acids is 3. The van der Waals surface area contributed by atoms with Crippen LogP contribution in [0.3, 0.4) is 0 Å². The topological polar surface area (TPSA) is 86.7 Å². The minimum absolute atomic E-state index is 0.141. The molecule has 3 rings (SSSR count). The van der Waals surface area contributed by atoms with Gasteiger partial charge in [0, 0.05) is 18.4 Å². The molecule has 0 aliphatic carbocycles. The van der Waals surface area contributed by atoms with Gasteiger partial charge >= 0.3 is 0 Å². The maximum absolute atomic E-state index is 13.6. The van der Waals surface area contributed by atoms with Gasteiger partial charge in [0.25, 0.3) is 11.8 Å². The Kier molecular flexibility index (Phi) is 5.91. The highest BCUT2D eigenvalue weighted by atomic mass is 32.2. The molecule has 1 aliphatic heterocycles. The molecule has 0 atom stereocenters. The number of rotatable bonds is 6. The quantitative estimate of drug-likeness (QED) is 0.729. The van der Waals surface area contributed by atoms with Gasteiger partial charge < -0.3 is 10.4 Å². The van der Waals surface area contributed by atoms with Gasteiger partial charge in [-0.1, -0.05) is 18.2 Å². The van der Waals surface area contributed by atoms with Crippen molar-refractivity contribution < 1.29 is 23.9 Å². The number of nitrogens with one attached hydrogen (secondary N) is 1. The Morgan fingerprint density at radius 2 is 1.86 bits per heavy atom. The van der Waals surface area contributed by atoms with Crippen LogP contribution in [-0.2, 0) is 14.4 Å². The molecule has 144 valence electrons. The fourth-order valence-electron chi connectivity index (χ4n) is 2.82. The van der Waals surface area contributed by atoms with Crippen molar-refractivity contribution in [3.05, 3.63) is 64.8 Å². The van der Waals surface area contributed by atoms with Crippen LogP contribution in [-0.4, -0.2) is 35.2 Å². The second kappa shape index (κ2) is 8.37. The largest absolute Gasteiger partial charge is 0.396 e. The zero-order valence-electron chi connectivity index (χ0n) is 14.9. The summed E-state index contributed by atoms with van der Waals surface area (Å²) in [5.41, 5.74) is 1.37. The number of hydrogen-bond donors (Lipinski definition) is 2. The molecule has 0 spiro atoms. The minimum Gasteiger partial charge on any atom is -0.396 e. The summed E-state index contributed by atoms with van der Waals surface area (Å²) in [5, 5.41) is 11.8. The van der Waals surface area contributed by atoms with E-state index in [9.17, 15) is 18.8 Å². The van der Waals surface area contributed by atoms with Crippen LogP contribution in [0.15, 0.2) is 53.4 Å². The third-order valence-corrected chi connectivity index (χ3v) is 4.99. The predicted molar refractivity (Wildman–Crippen MR) is 106 cm³/mol. The van der Waals surface area contributed by atoms with Crippen molar-refractivity contribution in [2.45, 2.75) is 6.92 Å². The number of carbonyl (C=O) groups is 3. The first-order valence-electron chi connectivity index (χ1n) is 8.42. The molecule has 6 nitrogen and oxygen atoms in total. The molecule has 0 unspecified atom stereocenters. The van der Waals surface area contributed by atoms with E-state index in [4.69, 9.17) is 5.11 Å². The van der Waals surface area contributed by atoms with E-state index < -0.39 is 17.6 Å². The van der Waals surface area contributed by atoms with E-state index in [-0.39, 0.29) is 34.4 Å². The first-order valence-corrected chi connectivity index (χ1v) is 9.41. The van der Waals surface area contributed by atoms with Gasteiger partial charge in [-0.05, 0) is 35.9 Å². The molecule has 0 bridgehead atoms. The normalized spacial score (nSPS) is 14.0. The first-order chi connectivity index (χ1) is 13.4. The van der Waals surface area contributed by atoms with Crippen LogP contribution in [0.4, 0.5) is 15.8 Å². The molecule has 0 radical (unpaired) electrons. The lowest BCUT2D eigenvalue weighted by molar-refractivity contribution is -0.120. The highest BCUT2D eigenvalue weighted by molar-refractivity contribution is 8.04. The molecule has 0 saturated carbocycles. The Morgan fingerprint density at radius 3 is 2.46 bits per heavy atom. The predicted octanol–water partition coefficient (Wildman–Crippen LogP) is 2.79. The van der Waals surface area contributed by atoms with E-state index in [1.165, 1.54) is 25.1 Å². The number of hydrogen-bond acceptors (Lipinski definition) is 5.